The van der Waals surface area contributed by atoms with Gasteiger partial charge in [-0.05, 0) is 30.5 Å². The highest BCUT2D eigenvalue weighted by Crippen LogP contribution is 2.35. The maximum Gasteiger partial charge on any atom is 0.220 e. The topological polar surface area (TPSA) is 56.7 Å². The number of halogens is 3. The monoisotopic (exact) mass is 464 g/mol. The largest absolute Gasteiger partial charge is 0.355 e. The Morgan fingerprint density at radius 1 is 1.36 bits per heavy atom. The summed E-state index contributed by atoms with van der Waals surface area (Å²) in [6.07, 6.45) is 2.56. The van der Waals surface area contributed by atoms with E-state index < -0.39 is 11.6 Å². The van der Waals surface area contributed by atoms with Gasteiger partial charge in [-0.15, -0.1) is 24.0 Å². The van der Waals surface area contributed by atoms with Crippen molar-refractivity contribution in [2.24, 2.45) is 10.4 Å². The molecule has 1 spiro atoms. The van der Waals surface area contributed by atoms with Gasteiger partial charge < -0.3 is 15.5 Å². The molecule has 0 bridgehead atoms. The fraction of sp³-hybridized carbons (Fsp3) is 0.529. The highest BCUT2D eigenvalue weighted by atomic mass is 127. The summed E-state index contributed by atoms with van der Waals surface area (Å²) in [4.78, 5) is 18.0. The fourth-order valence-electron chi connectivity index (χ4n) is 3.66. The van der Waals surface area contributed by atoms with Crippen LogP contribution in [0.4, 0.5) is 8.78 Å². The van der Waals surface area contributed by atoms with Gasteiger partial charge in [-0.25, -0.2) is 8.78 Å². The molecule has 2 saturated heterocycles. The summed E-state index contributed by atoms with van der Waals surface area (Å²) in [5, 5.41) is 6.08. The molecule has 2 aliphatic rings. The average Bonchev–Trinajstić information content (AvgIpc) is 2.87. The third-order valence-corrected chi connectivity index (χ3v) is 4.74. The summed E-state index contributed by atoms with van der Waals surface area (Å²) in [6.45, 7) is 2.60. The van der Waals surface area contributed by atoms with E-state index in [2.05, 4.69) is 20.5 Å². The second-order valence-corrected chi connectivity index (χ2v) is 6.66. The third-order valence-electron chi connectivity index (χ3n) is 4.74. The summed E-state index contributed by atoms with van der Waals surface area (Å²) in [7, 11) is 1.69. The quantitative estimate of drug-likeness (QED) is 0.401. The Bertz CT molecular complexity index is 650. The Balaban J connectivity index is 0.00000225. The van der Waals surface area contributed by atoms with Crippen molar-refractivity contribution < 1.29 is 13.6 Å². The molecule has 1 aromatic rings. The summed E-state index contributed by atoms with van der Waals surface area (Å²) in [5.74, 6) is -0.378. The molecule has 25 heavy (non-hydrogen) atoms. The van der Waals surface area contributed by atoms with Gasteiger partial charge in [-0.1, -0.05) is 0 Å². The SMILES string of the molecule is CN=C(NCc1cc(F)cc(F)c1)N1CCCC2(CNC(=O)C2)C1.I. The van der Waals surface area contributed by atoms with Crippen LogP contribution in [-0.4, -0.2) is 43.4 Å². The highest BCUT2D eigenvalue weighted by molar-refractivity contribution is 14.0. The minimum Gasteiger partial charge on any atom is -0.355 e. The zero-order valence-electron chi connectivity index (χ0n) is 14.1. The van der Waals surface area contributed by atoms with Crippen LogP contribution in [0, 0.1) is 17.0 Å². The molecule has 1 amide bonds. The maximum absolute atomic E-state index is 13.3. The fourth-order valence-corrected chi connectivity index (χ4v) is 3.66. The van der Waals surface area contributed by atoms with Crippen molar-refractivity contribution in [2.75, 3.05) is 26.7 Å². The second-order valence-electron chi connectivity index (χ2n) is 6.66. The van der Waals surface area contributed by atoms with Crippen LogP contribution >= 0.6 is 24.0 Å². The Kier molecular flexibility index (Phi) is 6.59. The first-order chi connectivity index (χ1) is 11.5. The van der Waals surface area contributed by atoms with Crippen LogP contribution in [0.15, 0.2) is 23.2 Å². The highest BCUT2D eigenvalue weighted by Gasteiger charge is 2.42. The van der Waals surface area contributed by atoms with E-state index in [-0.39, 0.29) is 35.3 Å². The van der Waals surface area contributed by atoms with Gasteiger partial charge in [-0.2, -0.15) is 0 Å². The smallest absolute Gasteiger partial charge is 0.220 e. The van der Waals surface area contributed by atoms with Crippen molar-refractivity contribution >= 4 is 35.8 Å². The average molecular weight is 464 g/mol. The predicted octanol–water partition coefficient (Wildman–Crippen LogP) is 2.26. The normalized spacial score (nSPS) is 23.4. The van der Waals surface area contributed by atoms with Crippen molar-refractivity contribution in [2.45, 2.75) is 25.8 Å². The predicted molar refractivity (Wildman–Crippen MR) is 103 cm³/mol. The van der Waals surface area contributed by atoms with Crippen molar-refractivity contribution in [3.05, 3.63) is 35.4 Å². The van der Waals surface area contributed by atoms with Gasteiger partial charge in [0.1, 0.15) is 11.6 Å². The van der Waals surface area contributed by atoms with Crippen molar-refractivity contribution in [3.63, 3.8) is 0 Å². The Labute approximate surface area is 163 Å². The lowest BCUT2D eigenvalue weighted by atomic mass is 9.79. The zero-order valence-corrected chi connectivity index (χ0v) is 16.5. The molecule has 0 aliphatic carbocycles. The number of likely N-dealkylation sites (tertiary alicyclic amines) is 1. The van der Waals surface area contributed by atoms with Crippen LogP contribution in [-0.2, 0) is 11.3 Å². The van der Waals surface area contributed by atoms with Crippen molar-refractivity contribution in [1.29, 1.82) is 0 Å². The molecule has 0 saturated carbocycles. The zero-order chi connectivity index (χ0) is 17.2. The molecule has 0 aromatic heterocycles. The van der Waals surface area contributed by atoms with Crippen LogP contribution in [0.3, 0.4) is 0 Å². The van der Waals surface area contributed by atoms with Crippen LogP contribution in [0.25, 0.3) is 0 Å². The Hall–Kier alpha value is -1.45. The van der Waals surface area contributed by atoms with Crippen LogP contribution in [0.1, 0.15) is 24.8 Å². The standard InChI is InChI=1S/C17H22F2N4O.HI/c1-20-16(21-9-12-5-13(18)7-14(19)6-12)23-4-2-3-17(11-23)8-15(24)22-10-17;/h5-7H,2-4,8-11H2,1H3,(H,20,21)(H,22,24);1H. The van der Waals surface area contributed by atoms with Gasteiger partial charge in [0.05, 0.1) is 0 Å². The van der Waals surface area contributed by atoms with Gasteiger partial charge in [0, 0.05) is 51.1 Å². The van der Waals surface area contributed by atoms with Crippen LogP contribution in [0.2, 0.25) is 0 Å². The van der Waals surface area contributed by atoms with Gasteiger partial charge in [0.2, 0.25) is 5.91 Å². The van der Waals surface area contributed by atoms with E-state index in [1.807, 2.05) is 0 Å². The lowest BCUT2D eigenvalue weighted by Gasteiger charge is -2.40. The molecule has 3 rings (SSSR count). The Morgan fingerprint density at radius 3 is 2.68 bits per heavy atom. The molecule has 8 heteroatoms. The molecule has 1 aromatic carbocycles. The molecular formula is C17H23F2IN4O. The number of nitrogens with one attached hydrogen (secondary N) is 2. The number of aliphatic imine (C=N–C) groups is 1. The van der Waals surface area contributed by atoms with Gasteiger partial charge in [-0.3, -0.25) is 9.79 Å². The van der Waals surface area contributed by atoms with Crippen LogP contribution < -0.4 is 10.6 Å². The maximum atomic E-state index is 13.3. The molecule has 5 nitrogen and oxygen atoms in total. The molecular weight excluding hydrogens is 441 g/mol. The second kappa shape index (κ2) is 8.29. The number of piperidine rings is 1. The van der Waals surface area contributed by atoms with Crippen LogP contribution in [0.5, 0.6) is 0 Å². The molecule has 0 radical (unpaired) electrons. The van der Waals surface area contributed by atoms with Gasteiger partial charge in [0.25, 0.3) is 0 Å². The summed E-state index contributed by atoms with van der Waals surface area (Å²) in [5.41, 5.74) is 0.496. The number of guanidine groups is 1. The molecule has 1 atom stereocenters. The molecule has 2 aliphatic heterocycles. The van der Waals surface area contributed by atoms with E-state index in [0.717, 1.165) is 32.0 Å². The number of carbonyl (C=O) groups excluding carboxylic acids is 1. The van der Waals surface area contributed by atoms with E-state index in [9.17, 15) is 13.6 Å². The summed E-state index contributed by atoms with van der Waals surface area (Å²) in [6, 6.07) is 3.47. The number of carbonyl (C=O) groups is 1. The summed E-state index contributed by atoms with van der Waals surface area (Å²) < 4.78 is 26.6. The Morgan fingerprint density at radius 2 is 2.08 bits per heavy atom. The van der Waals surface area contributed by atoms with E-state index in [1.165, 1.54) is 12.1 Å². The van der Waals surface area contributed by atoms with Crippen molar-refractivity contribution in [1.82, 2.24) is 15.5 Å². The van der Waals surface area contributed by atoms with Gasteiger partial charge in [0.15, 0.2) is 5.96 Å². The molecule has 2 fully saturated rings. The minimum absolute atomic E-state index is 0. The first-order valence-electron chi connectivity index (χ1n) is 8.17. The number of hydrogen-bond acceptors (Lipinski definition) is 2. The summed E-state index contributed by atoms with van der Waals surface area (Å²) >= 11 is 0. The first kappa shape index (κ1) is 19.9. The lowest BCUT2D eigenvalue weighted by molar-refractivity contribution is -0.119. The van der Waals surface area contributed by atoms with E-state index in [4.69, 9.17) is 0 Å². The number of benzene rings is 1. The number of nitrogens with zero attached hydrogens (tertiary/aromatic N) is 2. The molecule has 2 N–H and O–H groups in total. The van der Waals surface area contributed by atoms with Gasteiger partial charge >= 0.3 is 0 Å². The van der Waals surface area contributed by atoms with Crippen molar-refractivity contribution in [3.8, 4) is 0 Å². The number of hydrogen-bond donors (Lipinski definition) is 2. The minimum atomic E-state index is -0.589. The lowest BCUT2D eigenvalue weighted by Crippen LogP contribution is -2.51. The molecule has 2 heterocycles. The molecule has 1 unspecified atom stereocenters. The first-order valence-corrected chi connectivity index (χ1v) is 8.17. The third kappa shape index (κ3) is 4.80. The molecule has 138 valence electrons. The van der Waals surface area contributed by atoms with E-state index >= 15 is 0 Å². The van der Waals surface area contributed by atoms with E-state index in [0.29, 0.717) is 31.0 Å². The number of rotatable bonds is 2. The number of amides is 1. The van der Waals surface area contributed by atoms with E-state index in [1.54, 1.807) is 7.05 Å².